The normalized spacial score (nSPS) is 14.0. The summed E-state index contributed by atoms with van der Waals surface area (Å²) in [6.45, 7) is 1.61. The quantitative estimate of drug-likeness (QED) is 0.521. The molecule has 0 saturated heterocycles. The Balaban J connectivity index is 1.73. The van der Waals surface area contributed by atoms with E-state index in [1.165, 1.54) is 25.4 Å². The van der Waals surface area contributed by atoms with E-state index in [4.69, 9.17) is 4.74 Å². The third-order valence-electron chi connectivity index (χ3n) is 4.27. The molecular weight excluding hydrogens is 375 g/mol. The monoisotopic (exact) mass is 396 g/mol. The topological polar surface area (TPSA) is 112 Å². The van der Waals surface area contributed by atoms with Crippen molar-refractivity contribution >= 4 is 21.6 Å². The van der Waals surface area contributed by atoms with E-state index in [-0.39, 0.29) is 29.4 Å². The van der Waals surface area contributed by atoms with Crippen molar-refractivity contribution in [3.8, 4) is 0 Å². The lowest BCUT2D eigenvalue weighted by Crippen LogP contribution is -2.26. The minimum absolute atomic E-state index is 0.0147. The Kier molecular flexibility index (Phi) is 5.90. The number of halogens is 1. The maximum absolute atomic E-state index is 14.6. The van der Waals surface area contributed by atoms with E-state index in [1.54, 1.807) is 6.07 Å². The molecule has 8 nitrogen and oxygen atoms in total. The first-order chi connectivity index (χ1) is 12.9. The molecule has 0 atom stereocenters. The molecule has 1 aliphatic rings. The number of benzene rings is 1. The third kappa shape index (κ3) is 4.35. The number of fused-ring (bicyclic) bond motifs is 1. The van der Waals surface area contributed by atoms with Crippen LogP contribution in [0.4, 0.5) is 10.1 Å². The van der Waals surface area contributed by atoms with Crippen molar-refractivity contribution < 1.29 is 22.3 Å². The van der Waals surface area contributed by atoms with E-state index in [2.05, 4.69) is 20.3 Å². The van der Waals surface area contributed by atoms with Gasteiger partial charge in [-0.3, -0.25) is 4.79 Å². The largest absolute Gasteiger partial charge is 0.383 e. The zero-order valence-electron chi connectivity index (χ0n) is 14.8. The molecule has 2 aromatic rings. The SMILES string of the molecule is COCCNS(=O)(=O)c1c[nH]c(C(=O)Nc2ccc3c(c2F)CCNC3)c1. The molecule has 4 N–H and O–H groups in total. The number of rotatable bonds is 7. The molecule has 27 heavy (non-hydrogen) atoms. The summed E-state index contributed by atoms with van der Waals surface area (Å²) in [6.07, 6.45) is 1.75. The number of methoxy groups -OCH3 is 1. The second-order valence-electron chi connectivity index (χ2n) is 6.09. The van der Waals surface area contributed by atoms with Crippen LogP contribution in [0.5, 0.6) is 0 Å². The van der Waals surface area contributed by atoms with Gasteiger partial charge in [0.1, 0.15) is 16.4 Å². The van der Waals surface area contributed by atoms with Crippen molar-refractivity contribution in [1.82, 2.24) is 15.0 Å². The van der Waals surface area contributed by atoms with Crippen molar-refractivity contribution in [2.75, 3.05) is 32.1 Å². The van der Waals surface area contributed by atoms with Gasteiger partial charge in [-0.1, -0.05) is 6.07 Å². The zero-order valence-corrected chi connectivity index (χ0v) is 15.6. The molecule has 1 aromatic carbocycles. The lowest BCUT2D eigenvalue weighted by molar-refractivity contribution is 0.102. The van der Waals surface area contributed by atoms with E-state index in [9.17, 15) is 17.6 Å². The van der Waals surface area contributed by atoms with E-state index in [0.29, 0.717) is 25.1 Å². The van der Waals surface area contributed by atoms with Crippen molar-refractivity contribution in [3.63, 3.8) is 0 Å². The minimum Gasteiger partial charge on any atom is -0.383 e. The van der Waals surface area contributed by atoms with Gasteiger partial charge in [0.25, 0.3) is 5.91 Å². The van der Waals surface area contributed by atoms with Gasteiger partial charge in [0.2, 0.25) is 10.0 Å². The Morgan fingerprint density at radius 2 is 2.19 bits per heavy atom. The van der Waals surface area contributed by atoms with Crippen LogP contribution in [0.15, 0.2) is 29.3 Å². The molecular formula is C17H21FN4O4S. The van der Waals surface area contributed by atoms with Crippen LogP contribution in [0.25, 0.3) is 0 Å². The number of ether oxygens (including phenoxy) is 1. The average Bonchev–Trinajstić information content (AvgIpc) is 3.16. The average molecular weight is 396 g/mol. The van der Waals surface area contributed by atoms with Gasteiger partial charge in [-0.05, 0) is 36.2 Å². The molecule has 146 valence electrons. The Bertz CT molecular complexity index is 942. The molecule has 0 fully saturated rings. The number of hydrogen-bond donors (Lipinski definition) is 4. The summed E-state index contributed by atoms with van der Waals surface area (Å²) < 4.78 is 46.0. The highest BCUT2D eigenvalue weighted by Crippen LogP contribution is 2.25. The lowest BCUT2D eigenvalue weighted by Gasteiger charge is -2.19. The lowest BCUT2D eigenvalue weighted by atomic mass is 9.99. The maximum atomic E-state index is 14.6. The Labute approximate surface area is 156 Å². The molecule has 1 amide bonds. The predicted molar refractivity (Wildman–Crippen MR) is 97.6 cm³/mol. The second-order valence-corrected chi connectivity index (χ2v) is 7.85. The summed E-state index contributed by atoms with van der Waals surface area (Å²) >= 11 is 0. The molecule has 0 aliphatic carbocycles. The van der Waals surface area contributed by atoms with Gasteiger partial charge >= 0.3 is 0 Å². The van der Waals surface area contributed by atoms with Gasteiger partial charge in [0.15, 0.2) is 0 Å². The Morgan fingerprint density at radius 3 is 2.96 bits per heavy atom. The van der Waals surface area contributed by atoms with Crippen molar-refractivity contribution in [2.45, 2.75) is 17.9 Å². The van der Waals surface area contributed by atoms with Crippen molar-refractivity contribution in [1.29, 1.82) is 0 Å². The summed E-state index contributed by atoms with van der Waals surface area (Å²) in [4.78, 5) is 14.9. The van der Waals surface area contributed by atoms with Crippen LogP contribution in [-0.4, -0.2) is 46.1 Å². The smallest absolute Gasteiger partial charge is 0.272 e. The van der Waals surface area contributed by atoms with Crippen LogP contribution < -0.4 is 15.4 Å². The van der Waals surface area contributed by atoms with Crippen molar-refractivity contribution in [3.05, 3.63) is 47.0 Å². The fourth-order valence-electron chi connectivity index (χ4n) is 2.84. The number of H-pyrrole nitrogens is 1. The first-order valence-corrected chi connectivity index (χ1v) is 9.90. The molecule has 0 spiro atoms. The highest BCUT2D eigenvalue weighted by atomic mass is 32.2. The molecule has 0 bridgehead atoms. The minimum atomic E-state index is -3.76. The molecule has 3 rings (SSSR count). The summed E-state index contributed by atoms with van der Waals surface area (Å²) in [6, 6.07) is 4.47. The van der Waals surface area contributed by atoms with E-state index >= 15 is 0 Å². The van der Waals surface area contributed by atoms with Crippen LogP contribution in [0, 0.1) is 5.82 Å². The molecule has 0 radical (unpaired) electrons. The summed E-state index contributed by atoms with van der Waals surface area (Å²) in [5, 5.41) is 5.65. The maximum Gasteiger partial charge on any atom is 0.272 e. The molecule has 2 heterocycles. The second kappa shape index (κ2) is 8.17. The van der Waals surface area contributed by atoms with Crippen LogP contribution in [0.2, 0.25) is 0 Å². The third-order valence-corrected chi connectivity index (χ3v) is 5.71. The summed E-state index contributed by atoms with van der Waals surface area (Å²) in [5.74, 6) is -1.08. The van der Waals surface area contributed by atoms with Gasteiger partial charge in [0.05, 0.1) is 12.3 Å². The van der Waals surface area contributed by atoms with E-state index < -0.39 is 21.7 Å². The number of carbonyl (C=O) groups is 1. The molecule has 1 aliphatic heterocycles. The fourth-order valence-corrected chi connectivity index (χ4v) is 3.85. The van der Waals surface area contributed by atoms with E-state index in [1.807, 2.05) is 0 Å². The number of anilines is 1. The first-order valence-electron chi connectivity index (χ1n) is 8.41. The predicted octanol–water partition coefficient (Wildman–Crippen LogP) is 0.976. The molecule has 0 saturated carbocycles. The number of nitrogens with one attached hydrogen (secondary N) is 4. The standard InChI is InChI=1S/C17H21FN4O4S/c1-26-7-6-21-27(24,25)12-8-15(20-10-12)17(23)22-14-3-2-11-9-19-5-4-13(11)16(14)18/h2-3,8,10,19-21H,4-7,9H2,1H3,(H,22,23). The Hall–Kier alpha value is -2.27. The zero-order chi connectivity index (χ0) is 19.4. The molecule has 0 unspecified atom stereocenters. The van der Waals surface area contributed by atoms with Crippen LogP contribution in [0.1, 0.15) is 21.6 Å². The number of sulfonamides is 1. The van der Waals surface area contributed by atoms with Crippen molar-refractivity contribution in [2.24, 2.45) is 0 Å². The summed E-state index contributed by atoms with van der Waals surface area (Å²) in [5.41, 5.74) is 1.54. The number of carbonyl (C=O) groups excluding carboxylic acids is 1. The van der Waals surface area contributed by atoms with Gasteiger partial charge in [-0.25, -0.2) is 17.5 Å². The highest BCUT2D eigenvalue weighted by Gasteiger charge is 2.21. The first kappa shape index (κ1) is 19.5. The number of amides is 1. The fraction of sp³-hybridized carbons (Fsp3) is 0.353. The van der Waals surface area contributed by atoms with Crippen LogP contribution >= 0.6 is 0 Å². The number of aromatic amines is 1. The number of aromatic nitrogens is 1. The van der Waals surface area contributed by atoms with Crippen LogP contribution in [-0.2, 0) is 27.7 Å². The summed E-state index contributed by atoms with van der Waals surface area (Å²) in [7, 11) is -2.30. The van der Waals surface area contributed by atoms with Gasteiger partial charge < -0.3 is 20.4 Å². The van der Waals surface area contributed by atoms with Crippen LogP contribution in [0.3, 0.4) is 0 Å². The van der Waals surface area contributed by atoms with Gasteiger partial charge in [-0.2, -0.15) is 0 Å². The van der Waals surface area contributed by atoms with Gasteiger partial charge in [-0.15, -0.1) is 0 Å². The highest BCUT2D eigenvalue weighted by molar-refractivity contribution is 7.89. The number of hydrogen-bond acceptors (Lipinski definition) is 5. The van der Waals surface area contributed by atoms with E-state index in [0.717, 1.165) is 5.56 Å². The van der Waals surface area contributed by atoms with Gasteiger partial charge in [0, 0.05) is 26.4 Å². The molecule has 1 aromatic heterocycles. The molecule has 10 heteroatoms. The Morgan fingerprint density at radius 1 is 1.37 bits per heavy atom.